The van der Waals surface area contributed by atoms with Crippen LogP contribution in [0.2, 0.25) is 0 Å². The molecule has 5 heteroatoms. The van der Waals surface area contributed by atoms with Crippen LogP contribution < -0.4 is 5.73 Å². The Labute approximate surface area is 115 Å². The van der Waals surface area contributed by atoms with Gasteiger partial charge in [0.05, 0.1) is 5.69 Å². The molecule has 0 unspecified atom stereocenters. The highest BCUT2D eigenvalue weighted by molar-refractivity contribution is 7.98. The minimum Gasteiger partial charge on any atom is -0.369 e. The smallest absolute Gasteiger partial charge is 0.207 e. The first kappa shape index (κ1) is 12.0. The summed E-state index contributed by atoms with van der Waals surface area (Å²) in [5.74, 6) is 0.471. The number of pyridine rings is 1. The molecule has 0 aliphatic rings. The van der Waals surface area contributed by atoms with E-state index in [0.717, 1.165) is 27.3 Å². The summed E-state index contributed by atoms with van der Waals surface area (Å²) in [6.45, 7) is 2.02. The van der Waals surface area contributed by atoms with Gasteiger partial charge in [-0.05, 0) is 36.9 Å². The molecular weight excluding hydrogens is 256 g/mol. The Morgan fingerprint density at radius 3 is 2.79 bits per heavy atom. The zero-order chi connectivity index (χ0) is 13.4. The van der Waals surface area contributed by atoms with Gasteiger partial charge in [-0.1, -0.05) is 12.1 Å². The number of hydrogen-bond donors (Lipinski definition) is 1. The molecule has 0 radical (unpaired) electrons. The molecule has 3 aromatic rings. The van der Waals surface area contributed by atoms with Crippen LogP contribution in [0.15, 0.2) is 41.4 Å². The lowest BCUT2D eigenvalue weighted by Gasteiger charge is -2.10. The molecule has 2 N–H and O–H groups in total. The van der Waals surface area contributed by atoms with Crippen LogP contribution in [0.1, 0.15) is 5.56 Å². The highest BCUT2D eigenvalue weighted by Crippen LogP contribution is 2.29. The lowest BCUT2D eigenvalue weighted by molar-refractivity contribution is 1.05. The second kappa shape index (κ2) is 4.59. The second-order valence-electron chi connectivity index (χ2n) is 4.28. The van der Waals surface area contributed by atoms with Crippen molar-refractivity contribution in [2.75, 3.05) is 12.0 Å². The summed E-state index contributed by atoms with van der Waals surface area (Å²) in [4.78, 5) is 10.0. The molecule has 0 amide bonds. The molecule has 0 spiro atoms. The van der Waals surface area contributed by atoms with E-state index in [0.29, 0.717) is 5.95 Å². The van der Waals surface area contributed by atoms with E-state index in [9.17, 15) is 0 Å². The highest BCUT2D eigenvalue weighted by atomic mass is 32.2. The lowest BCUT2D eigenvalue weighted by Crippen LogP contribution is -2.02. The van der Waals surface area contributed by atoms with Crippen molar-refractivity contribution in [3.05, 3.63) is 42.1 Å². The van der Waals surface area contributed by atoms with Gasteiger partial charge >= 0.3 is 0 Å². The van der Waals surface area contributed by atoms with Gasteiger partial charge in [0.25, 0.3) is 0 Å². The number of nitrogens with two attached hydrogens (primary N) is 1. The highest BCUT2D eigenvalue weighted by Gasteiger charge is 2.14. The number of thioether (sulfide) groups is 1. The molecule has 0 saturated carbocycles. The predicted octanol–water partition coefficient (Wildman–Crippen LogP) is 3.03. The van der Waals surface area contributed by atoms with Crippen molar-refractivity contribution in [2.24, 2.45) is 0 Å². The van der Waals surface area contributed by atoms with Crippen LogP contribution in [0.4, 0.5) is 5.95 Å². The monoisotopic (exact) mass is 270 g/mol. The van der Waals surface area contributed by atoms with Crippen LogP contribution in [0.3, 0.4) is 0 Å². The van der Waals surface area contributed by atoms with Crippen molar-refractivity contribution in [1.29, 1.82) is 0 Å². The number of imidazole rings is 1. The number of benzene rings is 1. The molecule has 0 atom stereocenters. The fraction of sp³-hybridized carbons (Fsp3) is 0.143. The minimum atomic E-state index is 0.471. The normalized spacial score (nSPS) is 11.1. The molecular formula is C14H14N4S. The van der Waals surface area contributed by atoms with Gasteiger partial charge in [-0.25, -0.2) is 9.97 Å². The molecule has 0 fully saturated rings. The SMILES string of the molecule is CSc1ccccc1-n1c(N)nc2c(C)ccnc21. The first-order valence-electron chi connectivity index (χ1n) is 5.95. The van der Waals surface area contributed by atoms with E-state index in [1.807, 2.05) is 42.0 Å². The lowest BCUT2D eigenvalue weighted by atomic mass is 10.2. The van der Waals surface area contributed by atoms with Crippen LogP contribution in [0, 0.1) is 6.92 Å². The van der Waals surface area contributed by atoms with Gasteiger partial charge in [0.2, 0.25) is 5.95 Å². The average Bonchev–Trinajstić information content (AvgIpc) is 2.76. The van der Waals surface area contributed by atoms with Gasteiger partial charge in [-0.3, -0.25) is 4.57 Å². The Kier molecular flexibility index (Phi) is 2.91. The number of hydrogen-bond acceptors (Lipinski definition) is 4. The molecule has 0 aliphatic heterocycles. The number of anilines is 1. The topological polar surface area (TPSA) is 56.7 Å². The standard InChI is InChI=1S/C14H14N4S/c1-9-7-8-16-13-12(9)17-14(15)18(13)10-5-3-4-6-11(10)19-2/h3-8H,1-2H3,(H2,15,17). The van der Waals surface area contributed by atoms with E-state index < -0.39 is 0 Å². The van der Waals surface area contributed by atoms with Gasteiger partial charge in [-0.15, -0.1) is 11.8 Å². The zero-order valence-corrected chi connectivity index (χ0v) is 11.6. The van der Waals surface area contributed by atoms with Crippen LogP contribution >= 0.6 is 11.8 Å². The zero-order valence-electron chi connectivity index (χ0n) is 10.8. The van der Waals surface area contributed by atoms with Crippen LogP contribution in [-0.2, 0) is 0 Å². The van der Waals surface area contributed by atoms with E-state index in [1.54, 1.807) is 18.0 Å². The molecule has 2 aromatic heterocycles. The van der Waals surface area contributed by atoms with Crippen molar-refractivity contribution in [2.45, 2.75) is 11.8 Å². The van der Waals surface area contributed by atoms with Crippen LogP contribution in [-0.4, -0.2) is 20.8 Å². The Hall–Kier alpha value is -2.01. The van der Waals surface area contributed by atoms with E-state index in [-0.39, 0.29) is 0 Å². The van der Waals surface area contributed by atoms with Crippen molar-refractivity contribution < 1.29 is 0 Å². The van der Waals surface area contributed by atoms with Crippen molar-refractivity contribution in [3.63, 3.8) is 0 Å². The summed E-state index contributed by atoms with van der Waals surface area (Å²) in [6.07, 6.45) is 3.84. The number of nitrogens with zero attached hydrogens (tertiary/aromatic N) is 3. The Morgan fingerprint density at radius 1 is 1.21 bits per heavy atom. The summed E-state index contributed by atoms with van der Waals surface area (Å²) in [6, 6.07) is 10.1. The maximum absolute atomic E-state index is 6.08. The van der Waals surface area contributed by atoms with E-state index in [4.69, 9.17) is 5.73 Å². The fourth-order valence-corrected chi connectivity index (χ4v) is 2.75. The largest absolute Gasteiger partial charge is 0.369 e. The number of rotatable bonds is 2. The third kappa shape index (κ3) is 1.86. The predicted molar refractivity (Wildman–Crippen MR) is 79.8 cm³/mol. The van der Waals surface area contributed by atoms with Gasteiger partial charge in [0, 0.05) is 11.1 Å². The maximum Gasteiger partial charge on any atom is 0.207 e. The molecule has 4 nitrogen and oxygen atoms in total. The molecule has 1 aromatic carbocycles. The van der Waals surface area contributed by atoms with Crippen LogP contribution in [0.5, 0.6) is 0 Å². The first-order chi connectivity index (χ1) is 9.22. The van der Waals surface area contributed by atoms with Gasteiger partial charge < -0.3 is 5.73 Å². The number of nitrogen functional groups attached to an aromatic ring is 1. The van der Waals surface area contributed by atoms with Crippen molar-refractivity contribution in [1.82, 2.24) is 14.5 Å². The number of aromatic nitrogens is 3. The quantitative estimate of drug-likeness (QED) is 0.727. The second-order valence-corrected chi connectivity index (χ2v) is 5.13. The number of para-hydroxylation sites is 1. The third-order valence-electron chi connectivity index (χ3n) is 3.10. The summed E-state index contributed by atoms with van der Waals surface area (Å²) >= 11 is 1.68. The van der Waals surface area contributed by atoms with Gasteiger partial charge in [0.1, 0.15) is 5.52 Å². The Balaban J connectivity index is 2.37. The average molecular weight is 270 g/mol. The number of fused-ring (bicyclic) bond motifs is 1. The molecule has 3 rings (SSSR count). The van der Waals surface area contributed by atoms with E-state index in [1.165, 1.54) is 0 Å². The van der Waals surface area contributed by atoms with Crippen LogP contribution in [0.25, 0.3) is 16.9 Å². The van der Waals surface area contributed by atoms with Crippen molar-refractivity contribution in [3.8, 4) is 5.69 Å². The summed E-state index contributed by atoms with van der Waals surface area (Å²) in [5, 5.41) is 0. The third-order valence-corrected chi connectivity index (χ3v) is 3.89. The Bertz CT molecular complexity index is 748. The molecule has 0 saturated heterocycles. The minimum absolute atomic E-state index is 0.471. The maximum atomic E-state index is 6.08. The van der Waals surface area contributed by atoms with Gasteiger partial charge in [-0.2, -0.15) is 0 Å². The summed E-state index contributed by atoms with van der Waals surface area (Å²) < 4.78 is 1.91. The fourth-order valence-electron chi connectivity index (χ4n) is 2.16. The molecule has 96 valence electrons. The summed E-state index contributed by atoms with van der Waals surface area (Å²) in [5.41, 5.74) is 9.84. The van der Waals surface area contributed by atoms with Gasteiger partial charge in [0.15, 0.2) is 5.65 Å². The molecule has 0 bridgehead atoms. The van der Waals surface area contributed by atoms with Crippen molar-refractivity contribution >= 4 is 28.9 Å². The molecule has 0 aliphatic carbocycles. The van der Waals surface area contributed by atoms with E-state index >= 15 is 0 Å². The number of aryl methyl sites for hydroxylation is 1. The van der Waals surface area contributed by atoms with E-state index in [2.05, 4.69) is 16.0 Å². The Morgan fingerprint density at radius 2 is 2.00 bits per heavy atom. The first-order valence-corrected chi connectivity index (χ1v) is 7.17. The molecule has 2 heterocycles. The summed E-state index contributed by atoms with van der Waals surface area (Å²) in [7, 11) is 0. The molecule has 19 heavy (non-hydrogen) atoms.